The molecule has 0 N–H and O–H groups in total. The normalized spacial score (nSPS) is 10.2. The number of ketones is 1. The predicted molar refractivity (Wildman–Crippen MR) is 80.5 cm³/mol. The Morgan fingerprint density at radius 1 is 0.875 bits per heavy atom. The number of hydrogen-bond acceptors (Lipinski definition) is 5. The highest BCUT2D eigenvalue weighted by Crippen LogP contribution is 2.27. The summed E-state index contributed by atoms with van der Waals surface area (Å²) in [5.74, 6) is -2.85. The van der Waals surface area contributed by atoms with E-state index >= 15 is 0 Å². The van der Waals surface area contributed by atoms with Gasteiger partial charge >= 0.3 is 5.97 Å². The molecule has 0 amide bonds. The van der Waals surface area contributed by atoms with E-state index in [1.165, 1.54) is 26.4 Å². The minimum Gasteiger partial charge on any atom is -0.493 e. The molecule has 0 atom stereocenters. The van der Waals surface area contributed by atoms with Gasteiger partial charge in [-0.3, -0.25) is 4.79 Å². The first kappa shape index (κ1) is 17.4. The minimum atomic E-state index is -1.17. The minimum absolute atomic E-state index is 0.186. The first-order chi connectivity index (χ1) is 11.5. The van der Waals surface area contributed by atoms with Crippen LogP contribution < -0.4 is 9.47 Å². The van der Waals surface area contributed by atoms with Gasteiger partial charge in [-0.25, -0.2) is 13.6 Å². The first-order valence-corrected chi connectivity index (χ1v) is 6.83. The number of carbonyl (C=O) groups excluding carboxylic acids is 2. The van der Waals surface area contributed by atoms with Gasteiger partial charge in [0.15, 0.2) is 35.5 Å². The molecule has 0 unspecified atom stereocenters. The summed E-state index contributed by atoms with van der Waals surface area (Å²) in [7, 11) is 2.89. The van der Waals surface area contributed by atoms with Crippen molar-refractivity contribution in [2.24, 2.45) is 0 Å². The fraction of sp³-hybridized carbons (Fsp3) is 0.176. The van der Waals surface area contributed by atoms with Crippen LogP contribution in [0.15, 0.2) is 36.4 Å². The monoisotopic (exact) mass is 336 g/mol. The van der Waals surface area contributed by atoms with E-state index in [4.69, 9.17) is 14.2 Å². The van der Waals surface area contributed by atoms with Crippen LogP contribution in [0.3, 0.4) is 0 Å². The van der Waals surface area contributed by atoms with E-state index in [1.807, 2.05) is 0 Å². The molecule has 0 heterocycles. The van der Waals surface area contributed by atoms with Crippen molar-refractivity contribution >= 4 is 11.8 Å². The van der Waals surface area contributed by atoms with Gasteiger partial charge < -0.3 is 14.2 Å². The largest absolute Gasteiger partial charge is 0.493 e. The lowest BCUT2D eigenvalue weighted by Crippen LogP contribution is -2.14. The Bertz CT molecular complexity index is 774. The number of carbonyl (C=O) groups is 2. The Labute approximate surface area is 136 Å². The molecule has 0 spiro atoms. The number of benzene rings is 2. The van der Waals surface area contributed by atoms with Gasteiger partial charge in [-0.05, 0) is 36.4 Å². The van der Waals surface area contributed by atoms with Crippen molar-refractivity contribution in [1.29, 1.82) is 0 Å². The zero-order valence-corrected chi connectivity index (χ0v) is 13.0. The van der Waals surface area contributed by atoms with Gasteiger partial charge in [-0.1, -0.05) is 0 Å². The molecule has 0 radical (unpaired) electrons. The second-order valence-corrected chi connectivity index (χ2v) is 4.70. The number of halogens is 2. The average molecular weight is 336 g/mol. The van der Waals surface area contributed by atoms with Crippen molar-refractivity contribution < 1.29 is 32.6 Å². The molecule has 0 aliphatic carbocycles. The third-order valence-corrected chi connectivity index (χ3v) is 3.20. The molecule has 7 heteroatoms. The van der Waals surface area contributed by atoms with E-state index < -0.39 is 30.0 Å². The highest BCUT2D eigenvalue weighted by molar-refractivity contribution is 5.99. The van der Waals surface area contributed by atoms with E-state index in [9.17, 15) is 18.4 Å². The van der Waals surface area contributed by atoms with Gasteiger partial charge in [0.25, 0.3) is 0 Å². The number of methoxy groups -OCH3 is 2. The first-order valence-electron chi connectivity index (χ1n) is 6.83. The maximum atomic E-state index is 13.1. The molecule has 2 aromatic rings. The van der Waals surface area contributed by atoms with Crippen LogP contribution in [0.4, 0.5) is 8.78 Å². The van der Waals surface area contributed by atoms with Crippen LogP contribution in [0.5, 0.6) is 11.5 Å². The topological polar surface area (TPSA) is 61.8 Å². The molecule has 126 valence electrons. The number of rotatable bonds is 6. The van der Waals surface area contributed by atoms with Gasteiger partial charge in [-0.2, -0.15) is 0 Å². The maximum absolute atomic E-state index is 13.1. The van der Waals surface area contributed by atoms with Crippen LogP contribution in [-0.2, 0) is 4.74 Å². The predicted octanol–water partition coefficient (Wildman–Crippen LogP) is 3.02. The standard InChI is InChI=1S/C17H14F2O5/c1-22-15-6-4-10(8-16(15)23-2)14(20)9-24-17(21)11-3-5-12(18)13(19)7-11/h3-8H,9H2,1-2H3. The SMILES string of the molecule is COc1ccc(C(=O)COC(=O)c2ccc(F)c(F)c2)cc1OC. The molecule has 0 aliphatic heterocycles. The van der Waals surface area contributed by atoms with Crippen LogP contribution in [0.25, 0.3) is 0 Å². The Kier molecular flexibility index (Phi) is 5.47. The van der Waals surface area contributed by atoms with Crippen molar-refractivity contribution in [3.8, 4) is 11.5 Å². The van der Waals surface area contributed by atoms with Crippen LogP contribution >= 0.6 is 0 Å². The summed E-state index contributed by atoms with van der Waals surface area (Å²) in [6.45, 7) is -0.548. The summed E-state index contributed by atoms with van der Waals surface area (Å²) < 4.78 is 40.9. The number of hydrogen-bond donors (Lipinski definition) is 0. The molecule has 0 bridgehead atoms. The second kappa shape index (κ2) is 7.54. The molecule has 0 saturated carbocycles. The lowest BCUT2D eigenvalue weighted by molar-refractivity contribution is 0.0474. The molecule has 2 rings (SSSR count). The second-order valence-electron chi connectivity index (χ2n) is 4.70. The number of esters is 1. The zero-order valence-electron chi connectivity index (χ0n) is 13.0. The third kappa shape index (κ3) is 3.87. The molecule has 0 fully saturated rings. The summed E-state index contributed by atoms with van der Waals surface area (Å²) in [4.78, 5) is 23.8. The molecule has 0 saturated heterocycles. The summed E-state index contributed by atoms with van der Waals surface area (Å²) in [6, 6.07) is 7.08. The van der Waals surface area contributed by atoms with Gasteiger partial charge in [0, 0.05) is 5.56 Å². The lowest BCUT2D eigenvalue weighted by Gasteiger charge is -2.09. The molecule has 5 nitrogen and oxygen atoms in total. The number of ether oxygens (including phenoxy) is 3. The van der Waals surface area contributed by atoms with E-state index in [2.05, 4.69) is 0 Å². The molecule has 0 aliphatic rings. The summed E-state index contributed by atoms with van der Waals surface area (Å²) >= 11 is 0. The van der Waals surface area contributed by atoms with Crippen LogP contribution in [0, 0.1) is 11.6 Å². The van der Waals surface area contributed by atoms with Crippen molar-refractivity contribution in [1.82, 2.24) is 0 Å². The van der Waals surface area contributed by atoms with Crippen molar-refractivity contribution in [2.75, 3.05) is 20.8 Å². The van der Waals surface area contributed by atoms with Gasteiger partial charge in [0.1, 0.15) is 0 Å². The molecule has 24 heavy (non-hydrogen) atoms. The lowest BCUT2D eigenvalue weighted by atomic mass is 10.1. The Hall–Kier alpha value is -2.96. The van der Waals surface area contributed by atoms with E-state index in [-0.39, 0.29) is 11.1 Å². The third-order valence-electron chi connectivity index (χ3n) is 3.20. The summed E-state index contributed by atoms with van der Waals surface area (Å²) in [5.41, 5.74) is 0.0692. The maximum Gasteiger partial charge on any atom is 0.338 e. The molecule has 2 aromatic carbocycles. The highest BCUT2D eigenvalue weighted by atomic mass is 19.2. The van der Waals surface area contributed by atoms with E-state index in [0.717, 1.165) is 12.1 Å². The van der Waals surface area contributed by atoms with Crippen LogP contribution in [-0.4, -0.2) is 32.6 Å². The average Bonchev–Trinajstić information content (AvgIpc) is 2.60. The van der Waals surface area contributed by atoms with Gasteiger partial charge in [0.05, 0.1) is 19.8 Å². The Balaban J connectivity index is 2.04. The summed E-state index contributed by atoms with van der Waals surface area (Å²) in [5, 5.41) is 0. The highest BCUT2D eigenvalue weighted by Gasteiger charge is 2.15. The zero-order chi connectivity index (χ0) is 17.7. The van der Waals surface area contributed by atoms with E-state index in [0.29, 0.717) is 17.6 Å². The Morgan fingerprint density at radius 2 is 1.54 bits per heavy atom. The molecule has 0 aromatic heterocycles. The van der Waals surface area contributed by atoms with Crippen molar-refractivity contribution in [3.63, 3.8) is 0 Å². The van der Waals surface area contributed by atoms with Gasteiger partial charge in [0.2, 0.25) is 0 Å². The Morgan fingerprint density at radius 3 is 2.17 bits per heavy atom. The van der Waals surface area contributed by atoms with E-state index in [1.54, 1.807) is 6.07 Å². The molecular weight excluding hydrogens is 322 g/mol. The fourth-order valence-corrected chi connectivity index (χ4v) is 1.93. The van der Waals surface area contributed by atoms with Crippen molar-refractivity contribution in [2.45, 2.75) is 0 Å². The quantitative estimate of drug-likeness (QED) is 0.599. The summed E-state index contributed by atoms with van der Waals surface area (Å²) in [6.07, 6.45) is 0. The van der Waals surface area contributed by atoms with Gasteiger partial charge in [-0.15, -0.1) is 0 Å². The smallest absolute Gasteiger partial charge is 0.338 e. The number of Topliss-reactive ketones (excluding diaryl/α,β-unsaturated/α-hetero) is 1. The van der Waals surface area contributed by atoms with Crippen molar-refractivity contribution in [3.05, 3.63) is 59.2 Å². The fourth-order valence-electron chi connectivity index (χ4n) is 1.93. The molecular formula is C17H14F2O5. The van der Waals surface area contributed by atoms with Crippen LogP contribution in [0.2, 0.25) is 0 Å². The van der Waals surface area contributed by atoms with Crippen LogP contribution in [0.1, 0.15) is 20.7 Å².